The van der Waals surface area contributed by atoms with Gasteiger partial charge in [-0.3, -0.25) is 0 Å². The third kappa shape index (κ3) is 6.23. The van der Waals surface area contributed by atoms with E-state index in [4.69, 9.17) is 34.3 Å². The number of aromatic hydroxyl groups is 1. The first-order valence-corrected chi connectivity index (χ1v) is 9.61. The minimum Gasteiger partial charge on any atom is -0.504 e. The number of hydrogen-bond donors (Lipinski definition) is 8. The number of para-hydroxylation sites is 2. The molecule has 8 N–H and O–H groups in total. The van der Waals surface area contributed by atoms with Crippen LogP contribution in [0.15, 0.2) is 24.3 Å². The smallest absolute Gasteiger partial charge is 0.187 e. The van der Waals surface area contributed by atoms with Crippen LogP contribution in [0.2, 0.25) is 0 Å². The summed E-state index contributed by atoms with van der Waals surface area (Å²) in [5.41, 5.74) is 0. The summed E-state index contributed by atoms with van der Waals surface area (Å²) in [6.07, 6.45) is -12.3. The number of ether oxygens (including phenoxy) is 4. The molecule has 2 fully saturated rings. The van der Waals surface area contributed by atoms with Crippen LogP contribution in [0, 0.1) is 0 Å². The van der Waals surface area contributed by atoms with E-state index in [1.807, 2.05) is 0 Å². The Bertz CT molecular complexity index is 659. The quantitative estimate of drug-likeness (QED) is 0.222. The van der Waals surface area contributed by atoms with Gasteiger partial charge in [-0.25, -0.2) is 0 Å². The van der Waals surface area contributed by atoms with E-state index >= 15 is 0 Å². The normalized spacial score (nSPS) is 38.1. The van der Waals surface area contributed by atoms with Crippen LogP contribution in [0.1, 0.15) is 0 Å². The van der Waals surface area contributed by atoms with E-state index in [0.29, 0.717) is 5.75 Å². The number of rotatable bonds is 5. The van der Waals surface area contributed by atoms with Gasteiger partial charge in [0.1, 0.15) is 48.8 Å². The molecule has 0 radical (unpaired) electrons. The summed E-state index contributed by atoms with van der Waals surface area (Å²) in [5.74, 6) is 0.692. The van der Waals surface area contributed by atoms with Gasteiger partial charge in [-0.15, -0.1) is 0 Å². The fourth-order valence-corrected chi connectivity index (χ4v) is 3.15. The van der Waals surface area contributed by atoms with Crippen molar-refractivity contribution in [1.29, 1.82) is 0 Å². The van der Waals surface area contributed by atoms with Crippen molar-refractivity contribution in [3.8, 4) is 11.5 Å². The molecule has 0 saturated carbocycles. The number of hydrogen-bond acceptors (Lipinski definition) is 12. The molecule has 9 atom stereocenters. The van der Waals surface area contributed by atoms with Gasteiger partial charge < -0.3 is 59.8 Å². The van der Waals surface area contributed by atoms with Gasteiger partial charge >= 0.3 is 0 Å². The van der Waals surface area contributed by atoms with Crippen molar-refractivity contribution in [3.63, 3.8) is 0 Å². The minimum atomic E-state index is -1.65. The van der Waals surface area contributed by atoms with E-state index in [0.717, 1.165) is 0 Å². The number of methoxy groups -OCH3 is 1. The summed E-state index contributed by atoms with van der Waals surface area (Å²) in [4.78, 5) is 0. The van der Waals surface area contributed by atoms with Gasteiger partial charge in [0.2, 0.25) is 0 Å². The molecule has 0 spiro atoms. The SMILES string of the molecule is COc1ccccc1O.OCC1O[C@H](OC2C(O)COC(CO)[C@H]2O)C(O)C(O)[C@@H]1O. The first-order chi connectivity index (χ1) is 14.7. The summed E-state index contributed by atoms with van der Waals surface area (Å²) >= 11 is 0. The Morgan fingerprint density at radius 1 is 0.903 bits per heavy atom. The predicted molar refractivity (Wildman–Crippen MR) is 102 cm³/mol. The maximum absolute atomic E-state index is 9.99. The molecule has 6 unspecified atom stereocenters. The zero-order chi connectivity index (χ0) is 23.1. The average molecular weight is 450 g/mol. The molecule has 1 aromatic carbocycles. The van der Waals surface area contributed by atoms with E-state index in [2.05, 4.69) is 0 Å². The van der Waals surface area contributed by atoms with Crippen LogP contribution < -0.4 is 4.74 Å². The van der Waals surface area contributed by atoms with Crippen molar-refractivity contribution in [3.05, 3.63) is 24.3 Å². The maximum Gasteiger partial charge on any atom is 0.187 e. The van der Waals surface area contributed by atoms with Crippen LogP contribution in [-0.4, -0.2) is 123 Å². The zero-order valence-electron chi connectivity index (χ0n) is 16.8. The lowest BCUT2D eigenvalue weighted by atomic mass is 9.97. The monoisotopic (exact) mass is 450 g/mol. The van der Waals surface area contributed by atoms with Gasteiger partial charge in [0.05, 0.1) is 26.9 Å². The van der Waals surface area contributed by atoms with E-state index in [1.165, 1.54) is 7.11 Å². The van der Waals surface area contributed by atoms with E-state index in [-0.39, 0.29) is 12.4 Å². The highest BCUT2D eigenvalue weighted by Gasteiger charge is 2.48. The molecule has 2 heterocycles. The summed E-state index contributed by atoms with van der Waals surface area (Å²) in [7, 11) is 1.52. The predicted octanol–water partition coefficient (Wildman–Crippen LogP) is -3.31. The molecule has 2 aliphatic rings. The molecule has 0 amide bonds. The van der Waals surface area contributed by atoms with Gasteiger partial charge in [-0.1, -0.05) is 12.1 Å². The Kier molecular flexibility index (Phi) is 9.84. The summed E-state index contributed by atoms with van der Waals surface area (Å²) in [5, 5.41) is 76.1. The van der Waals surface area contributed by atoms with Gasteiger partial charge in [0.25, 0.3) is 0 Å². The molecular weight excluding hydrogens is 420 g/mol. The highest BCUT2D eigenvalue weighted by molar-refractivity contribution is 5.37. The molecule has 12 nitrogen and oxygen atoms in total. The van der Waals surface area contributed by atoms with E-state index < -0.39 is 68.3 Å². The lowest BCUT2D eigenvalue weighted by molar-refractivity contribution is -0.335. The fourth-order valence-electron chi connectivity index (χ4n) is 3.15. The van der Waals surface area contributed by atoms with Crippen molar-refractivity contribution in [2.45, 2.75) is 55.1 Å². The Morgan fingerprint density at radius 3 is 2.10 bits per heavy atom. The maximum atomic E-state index is 9.99. The number of phenolic OH excluding ortho intramolecular Hbond substituents is 1. The second-order valence-electron chi connectivity index (χ2n) is 7.08. The summed E-state index contributed by atoms with van der Waals surface area (Å²) in [6, 6.07) is 6.84. The molecule has 2 aliphatic heterocycles. The van der Waals surface area contributed by atoms with Crippen LogP contribution in [-0.2, 0) is 14.2 Å². The number of phenols is 1. The molecule has 0 aliphatic carbocycles. The van der Waals surface area contributed by atoms with E-state index in [9.17, 15) is 25.5 Å². The van der Waals surface area contributed by atoms with Crippen LogP contribution >= 0.6 is 0 Å². The van der Waals surface area contributed by atoms with Crippen molar-refractivity contribution in [1.82, 2.24) is 0 Å². The largest absolute Gasteiger partial charge is 0.504 e. The highest BCUT2D eigenvalue weighted by atomic mass is 16.7. The third-order valence-corrected chi connectivity index (χ3v) is 4.98. The summed E-state index contributed by atoms with van der Waals surface area (Å²) < 4.78 is 20.3. The van der Waals surface area contributed by atoms with Gasteiger partial charge in [-0.2, -0.15) is 0 Å². The second-order valence-corrected chi connectivity index (χ2v) is 7.08. The van der Waals surface area contributed by atoms with Crippen LogP contribution in [0.3, 0.4) is 0 Å². The van der Waals surface area contributed by atoms with E-state index in [1.54, 1.807) is 24.3 Å². The molecule has 2 saturated heterocycles. The minimum absolute atomic E-state index is 0.181. The Hall–Kier alpha value is -1.58. The standard InChI is InChI=1S/C12H22O10.C7H8O2/c13-1-5-8(17)11(4(15)3-20-5)22-12-10(19)9(18)7(16)6(2-14)21-12;1-9-7-5-3-2-4-6(7)8/h4-19H,1-3H2;2-5,8H,1H3/t4?,5?,6?,7-,8-,9?,10?,11?,12-;/m1./s1. The lowest BCUT2D eigenvalue weighted by Crippen LogP contribution is -2.63. The van der Waals surface area contributed by atoms with Crippen LogP contribution in [0.4, 0.5) is 0 Å². The first-order valence-electron chi connectivity index (χ1n) is 9.61. The fraction of sp³-hybridized carbons (Fsp3) is 0.684. The second kappa shape index (κ2) is 11.9. The topological polar surface area (TPSA) is 199 Å². The van der Waals surface area contributed by atoms with Gasteiger partial charge in [0, 0.05) is 0 Å². The average Bonchev–Trinajstić information content (AvgIpc) is 2.77. The van der Waals surface area contributed by atoms with Crippen LogP contribution in [0.5, 0.6) is 11.5 Å². The number of benzene rings is 1. The molecule has 0 aromatic heterocycles. The summed E-state index contributed by atoms with van der Waals surface area (Å²) in [6.45, 7) is -1.32. The Balaban J connectivity index is 0.000000316. The van der Waals surface area contributed by atoms with Gasteiger partial charge in [0.15, 0.2) is 17.8 Å². The number of aliphatic hydroxyl groups is 7. The van der Waals surface area contributed by atoms with Crippen LogP contribution in [0.25, 0.3) is 0 Å². The molecular formula is C19H30O12. The molecule has 31 heavy (non-hydrogen) atoms. The van der Waals surface area contributed by atoms with Crippen molar-refractivity contribution in [2.24, 2.45) is 0 Å². The van der Waals surface area contributed by atoms with Gasteiger partial charge in [-0.05, 0) is 12.1 Å². The highest BCUT2D eigenvalue weighted by Crippen LogP contribution is 2.27. The van der Waals surface area contributed by atoms with Crippen molar-refractivity contribution >= 4 is 0 Å². The van der Waals surface area contributed by atoms with Crippen molar-refractivity contribution < 1.29 is 59.8 Å². The first kappa shape index (κ1) is 25.7. The lowest BCUT2D eigenvalue weighted by Gasteiger charge is -2.44. The Labute approximate surface area is 178 Å². The van der Waals surface area contributed by atoms with Crippen molar-refractivity contribution in [2.75, 3.05) is 26.9 Å². The molecule has 3 rings (SSSR count). The molecule has 1 aromatic rings. The number of aliphatic hydroxyl groups excluding tert-OH is 7. The Morgan fingerprint density at radius 2 is 1.55 bits per heavy atom. The third-order valence-electron chi connectivity index (χ3n) is 4.98. The molecule has 178 valence electrons. The molecule has 0 bridgehead atoms. The molecule has 12 heteroatoms. The zero-order valence-corrected chi connectivity index (χ0v) is 16.8.